The summed E-state index contributed by atoms with van der Waals surface area (Å²) in [7, 11) is 0. The third-order valence-electron chi connectivity index (χ3n) is 2.57. The second-order valence-electron chi connectivity index (χ2n) is 4.04. The summed E-state index contributed by atoms with van der Waals surface area (Å²) in [4.78, 5) is 11.9. The lowest BCUT2D eigenvalue weighted by atomic mass is 10.2. The molecule has 0 radical (unpaired) electrons. The molecule has 2 aromatic rings. The van der Waals surface area contributed by atoms with Gasteiger partial charge in [-0.15, -0.1) is 10.2 Å². The van der Waals surface area contributed by atoms with Crippen LogP contribution >= 0.6 is 0 Å². The van der Waals surface area contributed by atoms with Gasteiger partial charge in [0.05, 0.1) is 12.3 Å². The fourth-order valence-electron chi connectivity index (χ4n) is 1.61. The Morgan fingerprint density at radius 3 is 2.79 bits per heavy atom. The number of hydrogen-bond donors (Lipinski definition) is 2. The monoisotopic (exact) mass is 260 g/mol. The average molecular weight is 260 g/mol. The number of hydrogen-bond acceptors (Lipinski definition) is 5. The zero-order valence-corrected chi connectivity index (χ0v) is 10.9. The van der Waals surface area contributed by atoms with Crippen LogP contribution in [0.5, 0.6) is 0 Å². The molecule has 1 atom stereocenters. The number of nitrogens with zero attached hydrogens (tertiary/aromatic N) is 2. The van der Waals surface area contributed by atoms with E-state index in [1.165, 1.54) is 0 Å². The van der Waals surface area contributed by atoms with Crippen LogP contribution in [0, 0.1) is 0 Å². The number of anilines is 1. The van der Waals surface area contributed by atoms with Gasteiger partial charge in [-0.1, -0.05) is 0 Å². The third kappa shape index (κ3) is 3.31. The van der Waals surface area contributed by atoms with Gasteiger partial charge in [-0.3, -0.25) is 4.79 Å². The lowest BCUT2D eigenvalue weighted by Crippen LogP contribution is -2.27. The molecule has 0 saturated heterocycles. The molecule has 1 unspecified atom stereocenters. The minimum atomic E-state index is -0.278. The SMILES string of the molecule is CCNc1ccc(C(=O)NC(C)c2ccco2)nn1. The molecule has 100 valence electrons. The minimum absolute atomic E-state index is 0.210. The minimum Gasteiger partial charge on any atom is -0.467 e. The molecule has 1 amide bonds. The lowest BCUT2D eigenvalue weighted by molar-refractivity contribution is 0.0929. The molecule has 0 spiro atoms. The first-order chi connectivity index (χ1) is 9.20. The predicted molar refractivity (Wildman–Crippen MR) is 70.8 cm³/mol. The van der Waals surface area contributed by atoms with Crippen LogP contribution in [0.15, 0.2) is 34.9 Å². The van der Waals surface area contributed by atoms with E-state index in [0.29, 0.717) is 11.6 Å². The van der Waals surface area contributed by atoms with Crippen molar-refractivity contribution >= 4 is 11.7 Å². The zero-order valence-electron chi connectivity index (χ0n) is 10.9. The molecule has 0 fully saturated rings. The Bertz CT molecular complexity index is 522. The van der Waals surface area contributed by atoms with Crippen LogP contribution in [0.1, 0.15) is 36.1 Å². The summed E-state index contributed by atoms with van der Waals surface area (Å²) < 4.78 is 5.22. The number of amides is 1. The summed E-state index contributed by atoms with van der Waals surface area (Å²) in [6.07, 6.45) is 1.57. The summed E-state index contributed by atoms with van der Waals surface area (Å²) in [5.41, 5.74) is 0.278. The van der Waals surface area contributed by atoms with Crippen molar-refractivity contribution in [3.8, 4) is 0 Å². The topological polar surface area (TPSA) is 80.0 Å². The highest BCUT2D eigenvalue weighted by Crippen LogP contribution is 2.12. The van der Waals surface area contributed by atoms with E-state index in [1.807, 2.05) is 19.9 Å². The number of carbonyl (C=O) groups is 1. The highest BCUT2D eigenvalue weighted by Gasteiger charge is 2.14. The van der Waals surface area contributed by atoms with Crippen LogP contribution in [0.25, 0.3) is 0 Å². The van der Waals surface area contributed by atoms with Gasteiger partial charge in [0, 0.05) is 6.54 Å². The van der Waals surface area contributed by atoms with Crippen LogP contribution in [-0.4, -0.2) is 22.6 Å². The molecule has 0 aliphatic heterocycles. The van der Waals surface area contributed by atoms with Gasteiger partial charge in [0.15, 0.2) is 5.69 Å². The Morgan fingerprint density at radius 1 is 1.37 bits per heavy atom. The van der Waals surface area contributed by atoms with Gasteiger partial charge < -0.3 is 15.1 Å². The molecule has 2 rings (SSSR count). The van der Waals surface area contributed by atoms with E-state index < -0.39 is 0 Å². The van der Waals surface area contributed by atoms with Crippen molar-refractivity contribution in [3.63, 3.8) is 0 Å². The molecule has 2 aromatic heterocycles. The fourth-order valence-corrected chi connectivity index (χ4v) is 1.61. The summed E-state index contributed by atoms with van der Waals surface area (Å²) in [6.45, 7) is 4.57. The first-order valence-corrected chi connectivity index (χ1v) is 6.12. The molecule has 19 heavy (non-hydrogen) atoms. The second kappa shape index (κ2) is 5.99. The van der Waals surface area contributed by atoms with Crippen LogP contribution in [0.4, 0.5) is 5.82 Å². The molecule has 0 aliphatic rings. The van der Waals surface area contributed by atoms with E-state index in [-0.39, 0.29) is 17.6 Å². The highest BCUT2D eigenvalue weighted by molar-refractivity contribution is 5.92. The summed E-state index contributed by atoms with van der Waals surface area (Å²) in [6, 6.07) is 6.74. The van der Waals surface area contributed by atoms with Crippen molar-refractivity contribution in [1.82, 2.24) is 15.5 Å². The van der Waals surface area contributed by atoms with Crippen molar-refractivity contribution in [2.24, 2.45) is 0 Å². The van der Waals surface area contributed by atoms with Gasteiger partial charge in [-0.25, -0.2) is 0 Å². The fraction of sp³-hybridized carbons (Fsp3) is 0.308. The van der Waals surface area contributed by atoms with Crippen LogP contribution in [0.3, 0.4) is 0 Å². The Balaban J connectivity index is 1.99. The quantitative estimate of drug-likeness (QED) is 0.859. The molecule has 0 aliphatic carbocycles. The second-order valence-corrected chi connectivity index (χ2v) is 4.04. The molecule has 0 bridgehead atoms. The Hall–Kier alpha value is -2.37. The molecule has 2 N–H and O–H groups in total. The average Bonchev–Trinajstić information content (AvgIpc) is 2.94. The highest BCUT2D eigenvalue weighted by atomic mass is 16.3. The summed E-state index contributed by atoms with van der Waals surface area (Å²) >= 11 is 0. The Morgan fingerprint density at radius 2 is 2.21 bits per heavy atom. The largest absolute Gasteiger partial charge is 0.467 e. The van der Waals surface area contributed by atoms with E-state index >= 15 is 0 Å². The van der Waals surface area contributed by atoms with Crippen molar-refractivity contribution in [3.05, 3.63) is 42.0 Å². The molecule has 2 heterocycles. The number of carbonyl (C=O) groups excluding carboxylic acids is 1. The van der Waals surface area contributed by atoms with E-state index in [1.54, 1.807) is 24.5 Å². The molecular formula is C13H16N4O2. The van der Waals surface area contributed by atoms with Gasteiger partial charge in [-0.05, 0) is 38.1 Å². The molecular weight excluding hydrogens is 244 g/mol. The van der Waals surface area contributed by atoms with Gasteiger partial charge in [0.1, 0.15) is 11.6 Å². The number of nitrogens with one attached hydrogen (secondary N) is 2. The van der Waals surface area contributed by atoms with Gasteiger partial charge in [0.2, 0.25) is 0 Å². The van der Waals surface area contributed by atoms with Crippen molar-refractivity contribution in [2.75, 3.05) is 11.9 Å². The first kappa shape index (κ1) is 13.1. The van der Waals surface area contributed by atoms with Crippen LogP contribution in [0.2, 0.25) is 0 Å². The maximum Gasteiger partial charge on any atom is 0.272 e. The summed E-state index contributed by atoms with van der Waals surface area (Å²) in [5, 5.41) is 13.6. The molecule has 0 aromatic carbocycles. The van der Waals surface area contributed by atoms with Gasteiger partial charge in [0.25, 0.3) is 5.91 Å². The van der Waals surface area contributed by atoms with E-state index in [0.717, 1.165) is 6.54 Å². The maximum absolute atomic E-state index is 11.9. The lowest BCUT2D eigenvalue weighted by Gasteiger charge is -2.10. The number of rotatable bonds is 5. The Labute approximate surface area is 111 Å². The van der Waals surface area contributed by atoms with Gasteiger partial charge in [-0.2, -0.15) is 0 Å². The van der Waals surface area contributed by atoms with E-state index in [2.05, 4.69) is 20.8 Å². The zero-order chi connectivity index (χ0) is 13.7. The van der Waals surface area contributed by atoms with E-state index in [9.17, 15) is 4.79 Å². The van der Waals surface area contributed by atoms with Crippen LogP contribution < -0.4 is 10.6 Å². The summed E-state index contributed by atoms with van der Waals surface area (Å²) in [5.74, 6) is 1.07. The molecule has 6 nitrogen and oxygen atoms in total. The standard InChI is InChI=1S/C13H16N4O2/c1-3-14-12-7-6-10(16-17-12)13(18)15-9(2)11-5-4-8-19-11/h4-9H,3H2,1-2H3,(H,14,17)(H,15,18). The normalized spacial score (nSPS) is 11.9. The van der Waals surface area contributed by atoms with E-state index in [4.69, 9.17) is 4.42 Å². The number of aromatic nitrogens is 2. The maximum atomic E-state index is 11.9. The van der Waals surface area contributed by atoms with Gasteiger partial charge >= 0.3 is 0 Å². The molecule has 0 saturated carbocycles. The number of furan rings is 1. The first-order valence-electron chi connectivity index (χ1n) is 6.12. The van der Waals surface area contributed by atoms with Crippen molar-refractivity contribution in [2.45, 2.75) is 19.9 Å². The van der Waals surface area contributed by atoms with Crippen LogP contribution in [-0.2, 0) is 0 Å². The predicted octanol–water partition coefficient (Wildman–Crippen LogP) is 1.99. The smallest absolute Gasteiger partial charge is 0.272 e. The molecule has 6 heteroatoms. The third-order valence-corrected chi connectivity index (χ3v) is 2.57. The van der Waals surface area contributed by atoms with Crippen molar-refractivity contribution in [1.29, 1.82) is 0 Å². The Kier molecular flexibility index (Phi) is 4.12. The van der Waals surface area contributed by atoms with Crippen molar-refractivity contribution < 1.29 is 9.21 Å².